The minimum Gasteiger partial charge on any atom is -0.752 e. The fraction of sp³-hybridized carbons (Fsp3) is 0.333. The topological polar surface area (TPSA) is 35.5 Å². The van der Waals surface area contributed by atoms with Gasteiger partial charge < -0.3 is 10.0 Å². The highest BCUT2D eigenvalue weighted by Crippen LogP contribution is 1.95. The van der Waals surface area contributed by atoms with Crippen molar-refractivity contribution < 1.29 is 4.84 Å². The van der Waals surface area contributed by atoms with Gasteiger partial charge in [-0.2, -0.15) is 0 Å². The highest BCUT2D eigenvalue weighted by atomic mass is 16.9. The van der Waals surface area contributed by atoms with E-state index in [9.17, 15) is 5.21 Å². The average Bonchev–Trinajstić information content (AvgIpc) is 1.86. The minimum absolute atomic E-state index is 0.361. The van der Waals surface area contributed by atoms with E-state index in [2.05, 4.69) is 4.84 Å². The van der Waals surface area contributed by atoms with Gasteiger partial charge >= 0.3 is 0 Å². The van der Waals surface area contributed by atoms with E-state index in [0.717, 1.165) is 0 Å². The zero-order valence-electron chi connectivity index (χ0n) is 3.13. The molecule has 1 aliphatic rings. The van der Waals surface area contributed by atoms with Gasteiger partial charge in [-0.15, -0.1) is 0 Å². The van der Waals surface area contributed by atoms with Crippen molar-refractivity contribution in [1.29, 1.82) is 0 Å². The normalized spacial score (nSPS) is 21.5. The molecule has 0 aromatic carbocycles. The molecule has 0 radical (unpaired) electrons. The van der Waals surface area contributed by atoms with E-state index in [1.807, 2.05) is 0 Å². The summed E-state index contributed by atoms with van der Waals surface area (Å²) in [6.07, 6.45) is 3.01. The Morgan fingerprint density at radius 2 is 2.67 bits per heavy atom. The summed E-state index contributed by atoms with van der Waals surface area (Å²) >= 11 is 0. The average molecular weight is 86.1 g/mol. The third-order valence-electron chi connectivity index (χ3n) is 0.529. The standard InChI is InChI=1S/C3H4NO2/c5-4-2-1-3-6-4/h1,3H,2H2/q-1. The van der Waals surface area contributed by atoms with Gasteiger partial charge in [-0.25, -0.2) is 5.23 Å². The molecule has 34 valence electrons. The van der Waals surface area contributed by atoms with Gasteiger partial charge in [0.25, 0.3) is 0 Å². The van der Waals surface area contributed by atoms with Crippen LogP contribution in [0.5, 0.6) is 0 Å². The van der Waals surface area contributed by atoms with Gasteiger partial charge in [0.05, 0.1) is 0 Å². The first-order chi connectivity index (χ1) is 2.89. The van der Waals surface area contributed by atoms with Crippen LogP contribution in [0.2, 0.25) is 0 Å². The molecule has 0 amide bonds. The van der Waals surface area contributed by atoms with Crippen LogP contribution in [0.1, 0.15) is 0 Å². The molecule has 0 unspecified atom stereocenters. The highest BCUT2D eigenvalue weighted by molar-refractivity contribution is 4.81. The Bertz CT molecular complexity index is 63.2. The van der Waals surface area contributed by atoms with Crippen molar-refractivity contribution in [1.82, 2.24) is 5.23 Å². The maximum atomic E-state index is 9.88. The zero-order chi connectivity index (χ0) is 4.41. The van der Waals surface area contributed by atoms with Gasteiger partial charge in [-0.1, -0.05) is 0 Å². The van der Waals surface area contributed by atoms with Gasteiger partial charge in [0, 0.05) is 6.54 Å². The van der Waals surface area contributed by atoms with Crippen molar-refractivity contribution in [3.8, 4) is 0 Å². The number of hydrogen-bond acceptors (Lipinski definition) is 3. The van der Waals surface area contributed by atoms with Crippen molar-refractivity contribution in [2.45, 2.75) is 0 Å². The Hall–Kier alpha value is -0.540. The van der Waals surface area contributed by atoms with Gasteiger partial charge in [0.15, 0.2) is 0 Å². The van der Waals surface area contributed by atoms with Crippen molar-refractivity contribution in [3.05, 3.63) is 17.5 Å². The van der Waals surface area contributed by atoms with Crippen molar-refractivity contribution in [3.63, 3.8) is 0 Å². The Morgan fingerprint density at radius 1 is 1.83 bits per heavy atom. The van der Waals surface area contributed by atoms with E-state index in [4.69, 9.17) is 0 Å². The molecule has 3 heteroatoms. The number of hydrogen-bond donors (Lipinski definition) is 0. The zero-order valence-corrected chi connectivity index (χ0v) is 3.13. The molecule has 0 fully saturated rings. The second-order valence-electron chi connectivity index (χ2n) is 0.993. The fourth-order valence-corrected chi connectivity index (χ4v) is 0.283. The maximum absolute atomic E-state index is 9.88. The van der Waals surface area contributed by atoms with Crippen LogP contribution in [0, 0.1) is 5.21 Å². The summed E-state index contributed by atoms with van der Waals surface area (Å²) in [5.41, 5.74) is 0. The lowest BCUT2D eigenvalue weighted by atomic mass is 10.7. The van der Waals surface area contributed by atoms with E-state index in [1.54, 1.807) is 6.08 Å². The molecule has 1 aliphatic heterocycles. The second-order valence-corrected chi connectivity index (χ2v) is 0.993. The lowest BCUT2D eigenvalue weighted by Gasteiger charge is -2.17. The molecule has 0 aliphatic carbocycles. The van der Waals surface area contributed by atoms with Gasteiger partial charge in [0.1, 0.15) is 6.26 Å². The van der Waals surface area contributed by atoms with Crippen LogP contribution in [0.25, 0.3) is 0 Å². The van der Waals surface area contributed by atoms with Crippen LogP contribution in [0.3, 0.4) is 0 Å². The summed E-state index contributed by atoms with van der Waals surface area (Å²) in [6, 6.07) is 0. The lowest BCUT2D eigenvalue weighted by Crippen LogP contribution is -2.06. The first-order valence-electron chi connectivity index (χ1n) is 1.66. The van der Waals surface area contributed by atoms with Crippen LogP contribution < -0.4 is 0 Å². The van der Waals surface area contributed by atoms with E-state index < -0.39 is 0 Å². The van der Waals surface area contributed by atoms with Crippen molar-refractivity contribution >= 4 is 0 Å². The molecule has 1 rings (SSSR count). The number of nitrogens with zero attached hydrogens (tertiary/aromatic N) is 1. The first kappa shape index (κ1) is 3.64. The fourth-order valence-electron chi connectivity index (χ4n) is 0.283. The van der Waals surface area contributed by atoms with E-state index >= 15 is 0 Å². The molecule has 3 nitrogen and oxygen atoms in total. The van der Waals surface area contributed by atoms with Gasteiger partial charge in [-0.3, -0.25) is 0 Å². The highest BCUT2D eigenvalue weighted by Gasteiger charge is 1.89. The third-order valence-corrected chi connectivity index (χ3v) is 0.529. The quantitative estimate of drug-likeness (QED) is 0.423. The minimum atomic E-state index is 0.361. The monoisotopic (exact) mass is 86.0 g/mol. The molecule has 0 atom stereocenters. The van der Waals surface area contributed by atoms with Crippen molar-refractivity contribution in [2.24, 2.45) is 0 Å². The summed E-state index contributed by atoms with van der Waals surface area (Å²) in [4.78, 5) is 4.25. The van der Waals surface area contributed by atoms with E-state index in [0.29, 0.717) is 11.8 Å². The van der Waals surface area contributed by atoms with E-state index in [-0.39, 0.29) is 0 Å². The SMILES string of the molecule is [O-]N1CC=CO1. The van der Waals surface area contributed by atoms with Crippen LogP contribution in [-0.2, 0) is 4.84 Å². The largest absolute Gasteiger partial charge is 0.752 e. The smallest absolute Gasteiger partial charge is 0.107 e. The predicted octanol–water partition coefficient (Wildman–Crippen LogP) is 0.245. The van der Waals surface area contributed by atoms with Gasteiger partial charge in [-0.05, 0) is 6.08 Å². The van der Waals surface area contributed by atoms with Crippen molar-refractivity contribution in [2.75, 3.05) is 6.54 Å². The summed E-state index contributed by atoms with van der Waals surface area (Å²) in [5, 5.41) is 10.4. The number of hydroxylamine groups is 2. The van der Waals surface area contributed by atoms with Crippen LogP contribution in [-0.4, -0.2) is 11.8 Å². The predicted molar refractivity (Wildman–Crippen MR) is 20.3 cm³/mol. The molecule has 0 saturated heterocycles. The number of rotatable bonds is 0. The Kier molecular flexibility index (Phi) is 0.777. The maximum Gasteiger partial charge on any atom is 0.107 e. The summed E-state index contributed by atoms with van der Waals surface area (Å²) in [7, 11) is 0. The molecular formula is C3H4NO2-. The van der Waals surface area contributed by atoms with Crippen LogP contribution in [0.15, 0.2) is 12.3 Å². The molecule has 0 N–H and O–H groups in total. The van der Waals surface area contributed by atoms with Crippen LogP contribution in [0.4, 0.5) is 0 Å². The molecule has 0 spiro atoms. The Morgan fingerprint density at radius 3 is 2.83 bits per heavy atom. The lowest BCUT2D eigenvalue weighted by molar-refractivity contribution is -0.0258. The Labute approximate surface area is 35.3 Å². The molecule has 1 heterocycles. The third kappa shape index (κ3) is 0.502. The van der Waals surface area contributed by atoms with Crippen LogP contribution >= 0.6 is 0 Å². The molecule has 0 saturated carbocycles. The molecular weight excluding hydrogens is 82.0 g/mol. The second kappa shape index (κ2) is 1.28. The molecule has 0 aromatic rings. The summed E-state index contributed by atoms with van der Waals surface area (Å²) in [6.45, 7) is 0.361. The van der Waals surface area contributed by atoms with Gasteiger partial charge in [0.2, 0.25) is 0 Å². The summed E-state index contributed by atoms with van der Waals surface area (Å²) < 4.78 is 0. The molecule has 0 bridgehead atoms. The molecule has 6 heavy (non-hydrogen) atoms. The first-order valence-corrected chi connectivity index (χ1v) is 1.66. The summed E-state index contributed by atoms with van der Waals surface area (Å²) in [5.74, 6) is 0. The molecule has 0 aromatic heterocycles. The Balaban J connectivity index is 2.32. The van der Waals surface area contributed by atoms with E-state index in [1.165, 1.54) is 6.26 Å².